The average molecular weight is 263 g/mol. The van der Waals surface area contributed by atoms with Crippen molar-refractivity contribution >= 4 is 16.5 Å². The molecule has 1 atom stereocenters. The predicted molar refractivity (Wildman–Crippen MR) is 72.2 cm³/mol. The van der Waals surface area contributed by atoms with Crippen LogP contribution in [0.3, 0.4) is 0 Å². The van der Waals surface area contributed by atoms with Crippen LogP contribution in [0.5, 0.6) is 0 Å². The first-order valence-electron chi connectivity index (χ1n) is 6.21. The first-order valence-corrected chi connectivity index (χ1v) is 7.03. The highest BCUT2D eigenvalue weighted by atomic mass is 32.1. The van der Waals surface area contributed by atoms with E-state index in [1.165, 1.54) is 17.7 Å². The summed E-state index contributed by atoms with van der Waals surface area (Å²) in [6.45, 7) is 3.15. The SMILES string of the molecule is Nc1ncc(CN2CCCC2Cn2ccnc2)s1. The van der Waals surface area contributed by atoms with Gasteiger partial charge < -0.3 is 10.3 Å². The van der Waals surface area contributed by atoms with Gasteiger partial charge in [-0.3, -0.25) is 4.90 Å². The molecule has 0 amide bonds. The Morgan fingerprint density at radius 2 is 2.44 bits per heavy atom. The monoisotopic (exact) mass is 263 g/mol. The normalized spacial score (nSPS) is 20.6. The van der Waals surface area contributed by atoms with E-state index in [0.29, 0.717) is 11.2 Å². The van der Waals surface area contributed by atoms with Crippen LogP contribution in [0, 0.1) is 0 Å². The highest BCUT2D eigenvalue weighted by Gasteiger charge is 2.25. The van der Waals surface area contributed by atoms with Crippen LogP contribution in [0.1, 0.15) is 17.7 Å². The number of anilines is 1. The quantitative estimate of drug-likeness (QED) is 0.910. The first kappa shape index (κ1) is 11.7. The van der Waals surface area contributed by atoms with Crippen molar-refractivity contribution in [2.75, 3.05) is 12.3 Å². The summed E-state index contributed by atoms with van der Waals surface area (Å²) in [5, 5.41) is 0.662. The van der Waals surface area contributed by atoms with E-state index in [1.54, 1.807) is 11.3 Å². The van der Waals surface area contributed by atoms with Crippen LogP contribution in [0.2, 0.25) is 0 Å². The number of aromatic nitrogens is 3. The number of thiazole rings is 1. The van der Waals surface area contributed by atoms with E-state index < -0.39 is 0 Å². The van der Waals surface area contributed by atoms with Gasteiger partial charge in [0.25, 0.3) is 0 Å². The molecule has 2 N–H and O–H groups in total. The Morgan fingerprint density at radius 3 is 3.17 bits per heavy atom. The molecule has 1 unspecified atom stereocenters. The third kappa shape index (κ3) is 2.54. The Morgan fingerprint density at radius 1 is 1.50 bits per heavy atom. The minimum Gasteiger partial charge on any atom is -0.375 e. The third-order valence-corrected chi connectivity index (χ3v) is 4.22. The largest absolute Gasteiger partial charge is 0.375 e. The van der Waals surface area contributed by atoms with Gasteiger partial charge in [0.2, 0.25) is 0 Å². The fraction of sp³-hybridized carbons (Fsp3) is 0.500. The van der Waals surface area contributed by atoms with Crippen molar-refractivity contribution in [1.29, 1.82) is 0 Å². The Kier molecular flexibility index (Phi) is 3.29. The van der Waals surface area contributed by atoms with Gasteiger partial charge in [0, 0.05) is 42.6 Å². The molecule has 0 saturated carbocycles. The minimum absolute atomic E-state index is 0.600. The number of rotatable bonds is 4. The van der Waals surface area contributed by atoms with E-state index in [1.807, 2.05) is 24.9 Å². The second-order valence-electron chi connectivity index (χ2n) is 4.69. The lowest BCUT2D eigenvalue weighted by molar-refractivity contribution is 0.226. The lowest BCUT2D eigenvalue weighted by Crippen LogP contribution is -2.31. The summed E-state index contributed by atoms with van der Waals surface area (Å²) >= 11 is 1.59. The molecular weight excluding hydrogens is 246 g/mol. The standard InChI is InChI=1S/C12H17N5S/c13-12-15-6-11(18-12)8-17-4-1-2-10(17)7-16-5-3-14-9-16/h3,5-6,9-10H,1-2,4,7-8H2,(H2,13,15). The van der Waals surface area contributed by atoms with Gasteiger partial charge in [-0.2, -0.15) is 0 Å². The van der Waals surface area contributed by atoms with Crippen molar-refractivity contribution in [2.24, 2.45) is 0 Å². The van der Waals surface area contributed by atoms with Crippen molar-refractivity contribution in [2.45, 2.75) is 32.0 Å². The molecular formula is C12H17N5S. The van der Waals surface area contributed by atoms with Crippen LogP contribution in [0.15, 0.2) is 24.9 Å². The zero-order valence-electron chi connectivity index (χ0n) is 10.2. The molecule has 0 bridgehead atoms. The van der Waals surface area contributed by atoms with Gasteiger partial charge in [0.1, 0.15) is 0 Å². The fourth-order valence-electron chi connectivity index (χ4n) is 2.54. The lowest BCUT2D eigenvalue weighted by Gasteiger charge is -2.23. The van der Waals surface area contributed by atoms with Crippen LogP contribution in [0.25, 0.3) is 0 Å². The number of hydrogen-bond acceptors (Lipinski definition) is 5. The number of hydrogen-bond donors (Lipinski definition) is 1. The Bertz CT molecular complexity index is 492. The maximum Gasteiger partial charge on any atom is 0.180 e. The van der Waals surface area contributed by atoms with Gasteiger partial charge in [0.05, 0.1) is 6.33 Å². The Hall–Kier alpha value is -1.40. The summed E-state index contributed by atoms with van der Waals surface area (Å²) in [6, 6.07) is 0.600. The number of nitrogens with two attached hydrogens (primary N) is 1. The maximum atomic E-state index is 5.67. The van der Waals surface area contributed by atoms with Crippen molar-refractivity contribution < 1.29 is 0 Å². The second-order valence-corrected chi connectivity index (χ2v) is 5.84. The van der Waals surface area contributed by atoms with E-state index in [9.17, 15) is 0 Å². The van der Waals surface area contributed by atoms with Crippen LogP contribution in [-0.4, -0.2) is 32.0 Å². The van der Waals surface area contributed by atoms with Gasteiger partial charge >= 0.3 is 0 Å². The lowest BCUT2D eigenvalue weighted by atomic mass is 10.2. The highest BCUT2D eigenvalue weighted by molar-refractivity contribution is 7.15. The second kappa shape index (κ2) is 5.07. The number of imidazole rings is 1. The van der Waals surface area contributed by atoms with E-state index in [2.05, 4.69) is 19.4 Å². The molecule has 3 rings (SSSR count). The Labute approximate surface area is 110 Å². The van der Waals surface area contributed by atoms with Crippen molar-refractivity contribution in [3.63, 3.8) is 0 Å². The molecule has 1 saturated heterocycles. The predicted octanol–water partition coefficient (Wildman–Crippen LogP) is 1.59. The summed E-state index contributed by atoms with van der Waals surface area (Å²) in [6.07, 6.45) is 10.2. The molecule has 1 aliphatic heterocycles. The van der Waals surface area contributed by atoms with E-state index in [0.717, 1.165) is 19.6 Å². The first-order chi connectivity index (χ1) is 8.81. The highest BCUT2D eigenvalue weighted by Crippen LogP contribution is 2.24. The van der Waals surface area contributed by atoms with Crippen LogP contribution < -0.4 is 5.73 Å². The molecule has 18 heavy (non-hydrogen) atoms. The van der Waals surface area contributed by atoms with E-state index in [4.69, 9.17) is 5.73 Å². The minimum atomic E-state index is 0.600. The topological polar surface area (TPSA) is 60.0 Å². The molecule has 0 spiro atoms. The van der Waals surface area contributed by atoms with Gasteiger partial charge in [-0.05, 0) is 19.4 Å². The molecule has 2 aromatic rings. The smallest absolute Gasteiger partial charge is 0.180 e. The molecule has 0 aromatic carbocycles. The van der Waals surface area contributed by atoms with Gasteiger partial charge in [-0.15, -0.1) is 11.3 Å². The summed E-state index contributed by atoms with van der Waals surface area (Å²) in [7, 11) is 0. The summed E-state index contributed by atoms with van der Waals surface area (Å²) < 4.78 is 2.16. The molecule has 1 aliphatic rings. The van der Waals surface area contributed by atoms with Gasteiger partial charge in [-0.1, -0.05) is 0 Å². The van der Waals surface area contributed by atoms with Crippen LogP contribution in [-0.2, 0) is 13.1 Å². The molecule has 96 valence electrons. The van der Waals surface area contributed by atoms with Crippen LogP contribution in [0.4, 0.5) is 5.13 Å². The summed E-state index contributed by atoms with van der Waals surface area (Å²) in [5.41, 5.74) is 5.67. The number of nitrogen functional groups attached to an aromatic ring is 1. The van der Waals surface area contributed by atoms with E-state index >= 15 is 0 Å². The maximum absolute atomic E-state index is 5.67. The zero-order valence-corrected chi connectivity index (χ0v) is 11.0. The molecule has 5 nitrogen and oxygen atoms in total. The van der Waals surface area contributed by atoms with Crippen molar-refractivity contribution in [3.8, 4) is 0 Å². The molecule has 6 heteroatoms. The van der Waals surface area contributed by atoms with Crippen LogP contribution >= 0.6 is 11.3 Å². The Balaban J connectivity index is 1.64. The van der Waals surface area contributed by atoms with Gasteiger partial charge in [0.15, 0.2) is 5.13 Å². The molecule has 0 radical (unpaired) electrons. The van der Waals surface area contributed by atoms with E-state index in [-0.39, 0.29) is 0 Å². The molecule has 3 heterocycles. The van der Waals surface area contributed by atoms with Crippen molar-refractivity contribution in [1.82, 2.24) is 19.4 Å². The zero-order chi connectivity index (χ0) is 12.4. The fourth-order valence-corrected chi connectivity index (χ4v) is 3.25. The number of nitrogens with zero attached hydrogens (tertiary/aromatic N) is 4. The summed E-state index contributed by atoms with van der Waals surface area (Å²) in [5.74, 6) is 0. The number of likely N-dealkylation sites (tertiary alicyclic amines) is 1. The van der Waals surface area contributed by atoms with Gasteiger partial charge in [-0.25, -0.2) is 9.97 Å². The molecule has 2 aromatic heterocycles. The molecule has 1 fully saturated rings. The van der Waals surface area contributed by atoms with Crippen molar-refractivity contribution in [3.05, 3.63) is 29.8 Å². The molecule has 0 aliphatic carbocycles. The average Bonchev–Trinajstić information content (AvgIpc) is 3.05. The summed E-state index contributed by atoms with van der Waals surface area (Å²) in [4.78, 5) is 12.0. The third-order valence-electron chi connectivity index (χ3n) is 3.41.